The number of ether oxygens (including phenoxy) is 2. The number of benzene rings is 1. The average Bonchev–Trinajstić information content (AvgIpc) is 3.10. The van der Waals surface area contributed by atoms with Crippen LogP contribution in [-0.2, 0) is 12.8 Å². The van der Waals surface area contributed by atoms with Crippen LogP contribution in [0, 0.1) is 22.7 Å². The fraction of sp³-hybridized carbons (Fsp3) is 0.538. The van der Waals surface area contributed by atoms with E-state index in [0.717, 1.165) is 59.7 Å². The predicted octanol–water partition coefficient (Wildman–Crippen LogP) is 7.10. The quantitative estimate of drug-likeness (QED) is 0.326. The van der Waals surface area contributed by atoms with Crippen molar-refractivity contribution in [3.63, 3.8) is 0 Å². The molecular formula is C26H34N2O2S. The van der Waals surface area contributed by atoms with Gasteiger partial charge in [-0.1, -0.05) is 34.1 Å². The Morgan fingerprint density at radius 2 is 2.03 bits per heavy atom. The van der Waals surface area contributed by atoms with Crippen molar-refractivity contribution < 1.29 is 9.47 Å². The van der Waals surface area contributed by atoms with E-state index in [2.05, 4.69) is 33.8 Å². The Labute approximate surface area is 190 Å². The Balaban J connectivity index is 1.83. The number of thiophene rings is 1. The van der Waals surface area contributed by atoms with E-state index in [9.17, 15) is 5.26 Å². The van der Waals surface area contributed by atoms with Crippen LogP contribution in [0.25, 0.3) is 0 Å². The SMILES string of the molecule is CCCCOc1ccc(C=Nc2sc3c(c2C#N)CC[C@H](C(C)(C)C)C3)cc1OCC. The number of nitrogens with zero attached hydrogens (tertiary/aromatic N) is 2. The standard InChI is InChI=1S/C26H34N2O2S/c1-6-8-13-30-22-12-9-18(14-23(22)29-7-2)17-28-25-21(16-27)20-11-10-19(26(3,4)5)15-24(20)31-25/h9,12,14,17,19H,6-8,10-11,13,15H2,1-5H3/t19-/m0/s1. The molecule has 5 heteroatoms. The van der Waals surface area contributed by atoms with Gasteiger partial charge in [0.15, 0.2) is 11.5 Å². The van der Waals surface area contributed by atoms with E-state index < -0.39 is 0 Å². The topological polar surface area (TPSA) is 54.6 Å². The maximum Gasteiger partial charge on any atom is 0.161 e. The highest BCUT2D eigenvalue weighted by Crippen LogP contribution is 2.44. The van der Waals surface area contributed by atoms with Crippen molar-refractivity contribution in [1.82, 2.24) is 0 Å². The van der Waals surface area contributed by atoms with Crippen molar-refractivity contribution in [3.05, 3.63) is 39.8 Å². The molecule has 166 valence electrons. The van der Waals surface area contributed by atoms with Crippen LogP contribution in [0.4, 0.5) is 5.00 Å². The lowest BCUT2D eigenvalue weighted by Gasteiger charge is -2.33. The molecule has 0 fully saturated rings. The summed E-state index contributed by atoms with van der Waals surface area (Å²) in [4.78, 5) is 6.06. The lowest BCUT2D eigenvalue weighted by Crippen LogP contribution is -2.26. The molecule has 31 heavy (non-hydrogen) atoms. The molecule has 3 rings (SSSR count). The second-order valence-corrected chi connectivity index (χ2v) is 10.3. The number of rotatable bonds is 8. The van der Waals surface area contributed by atoms with Gasteiger partial charge < -0.3 is 9.47 Å². The zero-order chi connectivity index (χ0) is 22.4. The van der Waals surface area contributed by atoms with Crippen molar-refractivity contribution >= 4 is 22.6 Å². The molecule has 4 nitrogen and oxygen atoms in total. The van der Waals surface area contributed by atoms with E-state index in [1.165, 1.54) is 10.4 Å². The normalized spacial score (nSPS) is 16.2. The fourth-order valence-corrected chi connectivity index (χ4v) is 5.19. The van der Waals surface area contributed by atoms with Crippen molar-refractivity contribution in [2.24, 2.45) is 16.3 Å². The molecular weight excluding hydrogens is 404 g/mol. The van der Waals surface area contributed by atoms with E-state index in [1.54, 1.807) is 11.3 Å². The molecule has 1 heterocycles. The Bertz CT molecular complexity index is 963. The molecule has 1 aromatic heterocycles. The van der Waals surface area contributed by atoms with Gasteiger partial charge in [0.2, 0.25) is 0 Å². The molecule has 0 amide bonds. The van der Waals surface area contributed by atoms with Gasteiger partial charge in [-0.25, -0.2) is 4.99 Å². The Hall–Kier alpha value is -2.32. The van der Waals surface area contributed by atoms with Gasteiger partial charge in [0.1, 0.15) is 11.1 Å². The Morgan fingerprint density at radius 3 is 2.71 bits per heavy atom. The van der Waals surface area contributed by atoms with Crippen LogP contribution in [-0.4, -0.2) is 19.4 Å². The van der Waals surface area contributed by atoms with Crippen LogP contribution < -0.4 is 9.47 Å². The molecule has 0 aliphatic heterocycles. The molecule has 0 spiro atoms. The van der Waals surface area contributed by atoms with Crippen molar-refractivity contribution in [2.75, 3.05) is 13.2 Å². The highest BCUT2D eigenvalue weighted by atomic mass is 32.1. The molecule has 0 bridgehead atoms. The summed E-state index contributed by atoms with van der Waals surface area (Å²) in [6.07, 6.45) is 7.11. The molecule has 0 N–H and O–H groups in total. The first kappa shape index (κ1) is 23.3. The molecule has 1 aliphatic rings. The van der Waals surface area contributed by atoms with Crippen LogP contribution in [0.2, 0.25) is 0 Å². The van der Waals surface area contributed by atoms with Gasteiger partial charge in [-0.3, -0.25) is 0 Å². The smallest absolute Gasteiger partial charge is 0.161 e. The first-order valence-corrected chi connectivity index (χ1v) is 12.2. The summed E-state index contributed by atoms with van der Waals surface area (Å²) in [6.45, 7) is 12.3. The van der Waals surface area contributed by atoms with Crippen LogP contribution in [0.5, 0.6) is 11.5 Å². The molecule has 1 atom stereocenters. The molecule has 1 aliphatic carbocycles. The maximum absolute atomic E-state index is 9.79. The monoisotopic (exact) mass is 438 g/mol. The third-order valence-electron chi connectivity index (χ3n) is 5.94. The van der Waals surface area contributed by atoms with E-state index in [-0.39, 0.29) is 5.41 Å². The Morgan fingerprint density at radius 1 is 1.23 bits per heavy atom. The van der Waals surface area contributed by atoms with Crippen LogP contribution >= 0.6 is 11.3 Å². The summed E-state index contributed by atoms with van der Waals surface area (Å²) in [6, 6.07) is 8.31. The lowest BCUT2D eigenvalue weighted by molar-refractivity contribution is 0.218. The molecule has 2 aromatic rings. The number of fused-ring (bicyclic) bond motifs is 1. The van der Waals surface area contributed by atoms with Crippen molar-refractivity contribution in [1.29, 1.82) is 5.26 Å². The van der Waals surface area contributed by atoms with Gasteiger partial charge in [-0.15, -0.1) is 11.3 Å². The number of hydrogen-bond acceptors (Lipinski definition) is 5. The highest BCUT2D eigenvalue weighted by molar-refractivity contribution is 7.16. The van der Waals surface area contributed by atoms with E-state index in [1.807, 2.05) is 31.3 Å². The van der Waals surface area contributed by atoms with E-state index in [0.29, 0.717) is 19.1 Å². The van der Waals surface area contributed by atoms with Gasteiger partial charge in [-0.2, -0.15) is 5.26 Å². The molecule has 0 saturated heterocycles. The first-order valence-electron chi connectivity index (χ1n) is 11.4. The summed E-state index contributed by atoms with van der Waals surface area (Å²) in [5.41, 5.74) is 3.20. The maximum atomic E-state index is 9.79. The number of aliphatic imine (C=N–C) groups is 1. The third-order valence-corrected chi connectivity index (χ3v) is 7.10. The summed E-state index contributed by atoms with van der Waals surface area (Å²) in [5, 5.41) is 10.6. The predicted molar refractivity (Wildman–Crippen MR) is 129 cm³/mol. The first-order chi connectivity index (χ1) is 14.9. The van der Waals surface area contributed by atoms with Gasteiger partial charge in [0.25, 0.3) is 0 Å². The number of nitriles is 1. The van der Waals surface area contributed by atoms with Gasteiger partial charge in [0.05, 0.1) is 18.8 Å². The van der Waals surface area contributed by atoms with Gasteiger partial charge in [-0.05, 0) is 73.3 Å². The summed E-state index contributed by atoms with van der Waals surface area (Å²) < 4.78 is 11.6. The minimum atomic E-state index is 0.286. The van der Waals surface area contributed by atoms with E-state index in [4.69, 9.17) is 14.5 Å². The third kappa shape index (κ3) is 5.68. The van der Waals surface area contributed by atoms with E-state index >= 15 is 0 Å². The summed E-state index contributed by atoms with van der Waals surface area (Å²) >= 11 is 1.68. The zero-order valence-corrected chi connectivity index (χ0v) is 20.3. The average molecular weight is 439 g/mol. The van der Waals surface area contributed by atoms with Crippen LogP contribution in [0.1, 0.15) is 75.4 Å². The molecule has 1 aromatic carbocycles. The van der Waals surface area contributed by atoms with Gasteiger partial charge >= 0.3 is 0 Å². The Kier molecular flexibility index (Phi) is 7.78. The molecule has 0 saturated carbocycles. The lowest BCUT2D eigenvalue weighted by atomic mass is 9.72. The zero-order valence-electron chi connectivity index (χ0n) is 19.5. The molecule has 0 unspecified atom stereocenters. The summed E-state index contributed by atoms with van der Waals surface area (Å²) in [5.74, 6) is 2.16. The van der Waals surface area contributed by atoms with Crippen molar-refractivity contribution in [3.8, 4) is 17.6 Å². The minimum absolute atomic E-state index is 0.286. The highest BCUT2D eigenvalue weighted by Gasteiger charge is 2.32. The second-order valence-electron chi connectivity index (χ2n) is 9.20. The van der Waals surface area contributed by atoms with Crippen molar-refractivity contribution in [2.45, 2.75) is 66.7 Å². The van der Waals surface area contributed by atoms with Crippen LogP contribution in [0.3, 0.4) is 0 Å². The van der Waals surface area contributed by atoms with Crippen LogP contribution in [0.15, 0.2) is 23.2 Å². The van der Waals surface area contributed by atoms with Gasteiger partial charge in [0, 0.05) is 11.1 Å². The number of hydrogen-bond donors (Lipinski definition) is 0. The number of unbranched alkanes of at least 4 members (excludes halogenated alkanes) is 1. The minimum Gasteiger partial charge on any atom is -0.490 e. The molecule has 0 radical (unpaired) electrons. The largest absolute Gasteiger partial charge is 0.490 e. The summed E-state index contributed by atoms with van der Waals surface area (Å²) in [7, 11) is 0. The fourth-order valence-electron chi connectivity index (χ4n) is 3.97. The second kappa shape index (κ2) is 10.3.